The first-order valence-corrected chi connectivity index (χ1v) is 12.6. The average Bonchev–Trinajstić information content (AvgIpc) is 3.16. The van der Waals surface area contributed by atoms with E-state index in [0.717, 1.165) is 24.9 Å². The van der Waals surface area contributed by atoms with E-state index < -0.39 is 29.6 Å². The molecule has 2 amide bonds. The van der Waals surface area contributed by atoms with E-state index in [1.165, 1.54) is 6.07 Å². The number of aromatic nitrogens is 2. The van der Waals surface area contributed by atoms with E-state index in [1.54, 1.807) is 48.7 Å². The van der Waals surface area contributed by atoms with Gasteiger partial charge in [-0.15, -0.1) is 0 Å². The molecular formula is C27H32FN5O3. The topological polar surface area (TPSA) is 100 Å². The predicted octanol–water partition coefficient (Wildman–Crippen LogP) is 3.90. The number of carbonyl (C=O) groups excluding carboxylic acids is 2. The second-order valence-corrected chi connectivity index (χ2v) is 11.1. The molecule has 8 nitrogen and oxygen atoms in total. The Balaban J connectivity index is 1.28. The molecule has 3 fully saturated rings. The molecule has 6 atom stereocenters. The highest BCUT2D eigenvalue weighted by atomic mass is 19.1. The summed E-state index contributed by atoms with van der Waals surface area (Å²) in [6, 6.07) is 5.38. The Morgan fingerprint density at radius 1 is 1.25 bits per heavy atom. The summed E-state index contributed by atoms with van der Waals surface area (Å²) in [4.78, 5) is 28.0. The van der Waals surface area contributed by atoms with Gasteiger partial charge >= 0.3 is 6.09 Å². The van der Waals surface area contributed by atoms with Crippen molar-refractivity contribution in [3.63, 3.8) is 0 Å². The summed E-state index contributed by atoms with van der Waals surface area (Å²) in [5, 5.41) is 16.8. The average molecular weight is 494 g/mol. The molecule has 0 unspecified atom stereocenters. The van der Waals surface area contributed by atoms with Gasteiger partial charge in [0.05, 0.1) is 12.3 Å². The highest BCUT2D eigenvalue weighted by Crippen LogP contribution is 2.63. The maximum Gasteiger partial charge on any atom is 0.411 e. The molecule has 2 heterocycles. The molecule has 1 aromatic carbocycles. The number of amides is 2. The van der Waals surface area contributed by atoms with Gasteiger partial charge in [-0.3, -0.25) is 14.4 Å². The minimum Gasteiger partial charge on any atom is -0.444 e. The van der Waals surface area contributed by atoms with Gasteiger partial charge in [-0.1, -0.05) is 12.1 Å². The van der Waals surface area contributed by atoms with Gasteiger partial charge in [0.25, 0.3) is 0 Å². The largest absolute Gasteiger partial charge is 0.444 e. The van der Waals surface area contributed by atoms with E-state index in [0.29, 0.717) is 23.0 Å². The third kappa shape index (κ3) is 4.45. The molecule has 0 spiro atoms. The van der Waals surface area contributed by atoms with Crippen molar-refractivity contribution in [3.05, 3.63) is 42.0 Å². The monoisotopic (exact) mass is 493 g/mol. The van der Waals surface area contributed by atoms with Gasteiger partial charge in [-0.25, -0.2) is 9.18 Å². The Kier molecular flexibility index (Phi) is 6.01. The van der Waals surface area contributed by atoms with Crippen LogP contribution in [0.15, 0.2) is 30.6 Å². The molecule has 9 heteroatoms. The molecule has 2 bridgehead atoms. The lowest BCUT2D eigenvalue weighted by Crippen LogP contribution is -2.56. The van der Waals surface area contributed by atoms with Gasteiger partial charge in [-0.2, -0.15) is 10.4 Å². The van der Waals surface area contributed by atoms with Crippen molar-refractivity contribution in [2.45, 2.75) is 77.2 Å². The minimum atomic E-state index is -0.921. The molecule has 5 rings (SSSR count). The van der Waals surface area contributed by atoms with Crippen molar-refractivity contribution in [2.24, 2.45) is 17.8 Å². The predicted molar refractivity (Wildman–Crippen MR) is 130 cm³/mol. The second-order valence-electron chi connectivity index (χ2n) is 11.1. The molecule has 1 aliphatic heterocycles. The number of piperidine rings is 1. The smallest absolute Gasteiger partial charge is 0.411 e. The third-order valence-electron chi connectivity index (χ3n) is 7.62. The minimum absolute atomic E-state index is 0.00758. The van der Waals surface area contributed by atoms with Crippen molar-refractivity contribution >= 4 is 12.0 Å². The number of nitriles is 1. The number of benzene rings is 1. The van der Waals surface area contributed by atoms with Gasteiger partial charge in [0.1, 0.15) is 23.5 Å². The molecule has 190 valence electrons. The molecule has 2 aliphatic carbocycles. The van der Waals surface area contributed by atoms with Crippen LogP contribution in [0.1, 0.15) is 46.1 Å². The number of hydrogen-bond donors (Lipinski definition) is 1. The van der Waals surface area contributed by atoms with Crippen molar-refractivity contribution < 1.29 is 18.7 Å². The third-order valence-corrected chi connectivity index (χ3v) is 7.62. The normalized spacial score (nSPS) is 26.8. The van der Waals surface area contributed by atoms with Crippen LogP contribution in [-0.2, 0) is 22.5 Å². The van der Waals surface area contributed by atoms with Crippen LogP contribution in [0.25, 0.3) is 11.1 Å². The van der Waals surface area contributed by atoms with Gasteiger partial charge in [0, 0.05) is 30.8 Å². The molecule has 1 N–H and O–H groups in total. The zero-order valence-electron chi connectivity index (χ0n) is 21.1. The molecule has 3 aliphatic rings. The number of hydrogen-bond acceptors (Lipinski definition) is 5. The summed E-state index contributed by atoms with van der Waals surface area (Å²) in [6.45, 7) is 8.10. The molecular weight excluding hydrogens is 461 g/mol. The number of aryl methyl sites for hydroxylation is 1. The molecule has 2 aromatic rings. The quantitative estimate of drug-likeness (QED) is 0.658. The Labute approximate surface area is 210 Å². The van der Waals surface area contributed by atoms with Crippen LogP contribution in [0.5, 0.6) is 0 Å². The standard InChI is InChI=1S/C27H32FN5O3/c1-5-32-14-17(13-30-32)15-6-7-16(22(28)9-15)8-18(12-29)31-25(34)24-21-11-23(20-10-19(20)21)33(24)26(35)36-27(2,3)4/h6-7,9,13-14,18-21,23-24H,5,8,10-11H2,1-4H3,(H,31,34)/t18-,19+,20-,21+,23-,24-/m0/s1. The van der Waals surface area contributed by atoms with Gasteiger partial charge in [0.2, 0.25) is 5.91 Å². The van der Waals surface area contributed by atoms with Crippen molar-refractivity contribution in [2.75, 3.05) is 0 Å². The first kappa shape index (κ1) is 24.3. The molecule has 36 heavy (non-hydrogen) atoms. The zero-order valence-corrected chi connectivity index (χ0v) is 21.1. The van der Waals surface area contributed by atoms with Crippen LogP contribution in [-0.4, -0.2) is 50.4 Å². The van der Waals surface area contributed by atoms with Crippen molar-refractivity contribution in [1.29, 1.82) is 5.26 Å². The number of ether oxygens (including phenoxy) is 1. The maximum atomic E-state index is 14.9. The molecule has 0 radical (unpaired) electrons. The van der Waals surface area contributed by atoms with Crippen molar-refractivity contribution in [3.8, 4) is 17.2 Å². The molecule has 1 aromatic heterocycles. The summed E-state index contributed by atoms with van der Waals surface area (Å²) >= 11 is 0. The van der Waals surface area contributed by atoms with E-state index in [-0.39, 0.29) is 24.3 Å². The van der Waals surface area contributed by atoms with Crippen LogP contribution in [0.3, 0.4) is 0 Å². The van der Waals surface area contributed by atoms with Crippen LogP contribution >= 0.6 is 0 Å². The number of halogens is 1. The number of fused-ring (bicyclic) bond motifs is 5. The van der Waals surface area contributed by atoms with E-state index in [2.05, 4.69) is 16.5 Å². The fourth-order valence-corrected chi connectivity index (χ4v) is 5.96. The Bertz CT molecular complexity index is 1230. The van der Waals surface area contributed by atoms with Gasteiger partial charge in [-0.05, 0) is 75.5 Å². The van der Waals surface area contributed by atoms with E-state index in [9.17, 15) is 19.2 Å². The summed E-state index contributed by atoms with van der Waals surface area (Å²) in [7, 11) is 0. The van der Waals surface area contributed by atoms with Crippen molar-refractivity contribution in [1.82, 2.24) is 20.0 Å². The fraction of sp³-hybridized carbons (Fsp3) is 0.556. The Hall–Kier alpha value is -3.41. The number of likely N-dealkylation sites (tertiary alicyclic amines) is 1. The van der Waals surface area contributed by atoms with E-state index in [1.807, 2.05) is 13.1 Å². The number of nitrogens with one attached hydrogen (secondary N) is 1. The van der Waals surface area contributed by atoms with E-state index >= 15 is 0 Å². The Morgan fingerprint density at radius 2 is 2.03 bits per heavy atom. The first-order chi connectivity index (χ1) is 17.1. The summed E-state index contributed by atoms with van der Waals surface area (Å²) in [5.41, 5.74) is 1.18. The SMILES string of the molecule is CCn1cc(-c2ccc(C[C@@H](C#N)NC(=O)[C@@H]3[C@@H]4C[C@@H]([C@H]5C[C@@H]45)N3C(=O)OC(C)(C)C)c(F)c2)cn1. The van der Waals surface area contributed by atoms with Crippen LogP contribution in [0, 0.1) is 34.9 Å². The fourth-order valence-electron chi connectivity index (χ4n) is 5.96. The first-order valence-electron chi connectivity index (χ1n) is 12.6. The highest BCUT2D eigenvalue weighted by molar-refractivity contribution is 5.88. The van der Waals surface area contributed by atoms with Crippen LogP contribution in [0.2, 0.25) is 0 Å². The number of rotatable bonds is 6. The number of nitrogens with zero attached hydrogens (tertiary/aromatic N) is 4. The zero-order chi connectivity index (χ0) is 25.8. The van der Waals surface area contributed by atoms with E-state index in [4.69, 9.17) is 4.74 Å². The lowest BCUT2D eigenvalue weighted by Gasteiger charge is -2.35. The van der Waals surface area contributed by atoms with Crippen LogP contribution < -0.4 is 5.32 Å². The highest BCUT2D eigenvalue weighted by Gasteiger charge is 2.67. The van der Waals surface area contributed by atoms with Gasteiger partial charge < -0.3 is 10.1 Å². The summed E-state index contributed by atoms with van der Waals surface area (Å²) in [5.74, 6) is 0.158. The summed E-state index contributed by atoms with van der Waals surface area (Å²) in [6.07, 6.45) is 4.89. The summed E-state index contributed by atoms with van der Waals surface area (Å²) < 4.78 is 22.3. The Morgan fingerprint density at radius 3 is 2.67 bits per heavy atom. The second kappa shape index (κ2) is 8.91. The molecule has 2 saturated carbocycles. The lowest BCUT2D eigenvalue weighted by atomic mass is 9.95. The van der Waals surface area contributed by atoms with Crippen LogP contribution in [0.4, 0.5) is 9.18 Å². The molecule has 1 saturated heterocycles. The maximum absolute atomic E-state index is 14.9. The van der Waals surface area contributed by atoms with Gasteiger partial charge in [0.15, 0.2) is 0 Å². The number of carbonyl (C=O) groups is 2. The lowest BCUT2D eigenvalue weighted by molar-refractivity contribution is -0.128.